The Morgan fingerprint density at radius 1 is 1.34 bits per heavy atom. The number of morpholine rings is 1. The third-order valence-electron chi connectivity index (χ3n) is 5.21. The quantitative estimate of drug-likeness (QED) is 0.703. The highest BCUT2D eigenvalue weighted by Gasteiger charge is 2.23. The molecule has 0 spiro atoms. The minimum Gasteiger partial charge on any atom is -0.377 e. The van der Waals surface area contributed by atoms with Gasteiger partial charge in [-0.1, -0.05) is 13.8 Å². The number of nitrogens with one attached hydrogen (secondary N) is 1. The zero-order valence-corrected chi connectivity index (χ0v) is 17.9. The highest BCUT2D eigenvalue weighted by Crippen LogP contribution is 2.30. The van der Waals surface area contributed by atoms with E-state index in [0.29, 0.717) is 24.9 Å². The van der Waals surface area contributed by atoms with Crippen molar-refractivity contribution < 1.29 is 8.95 Å². The molecule has 0 aliphatic carbocycles. The van der Waals surface area contributed by atoms with Crippen molar-refractivity contribution >= 4 is 32.4 Å². The number of pyridine rings is 1. The van der Waals surface area contributed by atoms with Gasteiger partial charge >= 0.3 is 0 Å². The lowest BCUT2D eigenvalue weighted by atomic mass is 10.1. The second-order valence-corrected chi connectivity index (χ2v) is 10.5. The fourth-order valence-electron chi connectivity index (χ4n) is 3.25. The lowest BCUT2D eigenvalue weighted by Crippen LogP contribution is -2.44. The minimum absolute atomic E-state index is 0.0796. The van der Waals surface area contributed by atoms with Gasteiger partial charge in [-0.25, -0.2) is 19.2 Å². The summed E-state index contributed by atoms with van der Waals surface area (Å²) in [6.45, 7) is 7.93. The molecule has 9 heteroatoms. The molecule has 1 aliphatic heterocycles. The molecule has 1 saturated heterocycles. The Hall–Kier alpha value is -2.52. The van der Waals surface area contributed by atoms with Crippen molar-refractivity contribution in [3.63, 3.8) is 0 Å². The van der Waals surface area contributed by atoms with E-state index in [1.54, 1.807) is 12.5 Å². The number of aromatic amines is 1. The lowest BCUT2D eigenvalue weighted by Gasteiger charge is -2.34. The van der Waals surface area contributed by atoms with E-state index in [0.717, 1.165) is 29.0 Å². The molecule has 0 saturated carbocycles. The number of nitrogens with zero attached hydrogens (tertiary/aromatic N) is 5. The molecule has 4 heterocycles. The number of ether oxygens (including phenoxy) is 1. The Morgan fingerprint density at radius 2 is 2.17 bits per heavy atom. The highest BCUT2D eigenvalue weighted by atomic mass is 32.2. The summed E-state index contributed by atoms with van der Waals surface area (Å²) in [5, 5.41) is 0.857. The number of aromatic nitrogens is 4. The van der Waals surface area contributed by atoms with E-state index in [9.17, 15) is 4.21 Å². The highest BCUT2D eigenvalue weighted by molar-refractivity contribution is 7.93. The summed E-state index contributed by atoms with van der Waals surface area (Å²) in [5.41, 5.74) is 1.64. The van der Waals surface area contributed by atoms with E-state index in [2.05, 4.69) is 31.1 Å². The molecule has 2 atom stereocenters. The van der Waals surface area contributed by atoms with Crippen LogP contribution in [0.3, 0.4) is 0 Å². The largest absolute Gasteiger partial charge is 0.377 e. The van der Waals surface area contributed by atoms with E-state index < -0.39 is 9.73 Å². The number of hydrogen-bond acceptors (Lipinski definition) is 7. The molecule has 29 heavy (non-hydrogen) atoms. The summed E-state index contributed by atoms with van der Waals surface area (Å²) in [5.74, 6) is 1.75. The predicted octanol–water partition coefficient (Wildman–Crippen LogP) is 3.38. The van der Waals surface area contributed by atoms with Gasteiger partial charge in [0, 0.05) is 47.5 Å². The summed E-state index contributed by atoms with van der Waals surface area (Å²) < 4.78 is 23.0. The normalized spacial score (nSPS) is 19.5. The second-order valence-electron chi connectivity index (χ2n) is 7.62. The summed E-state index contributed by atoms with van der Waals surface area (Å²) >= 11 is 0. The number of rotatable bonds is 4. The summed E-state index contributed by atoms with van der Waals surface area (Å²) in [6.07, 6.45) is 5.25. The van der Waals surface area contributed by atoms with Crippen LogP contribution in [0.1, 0.15) is 20.8 Å². The predicted molar refractivity (Wildman–Crippen MR) is 116 cm³/mol. The number of anilines is 1. The monoisotopic (exact) mass is 414 g/mol. The molecule has 4 rings (SSSR count). The Balaban J connectivity index is 1.91. The van der Waals surface area contributed by atoms with Crippen LogP contribution in [-0.4, -0.2) is 61.5 Å². The zero-order chi connectivity index (χ0) is 20.6. The van der Waals surface area contributed by atoms with E-state index in [1.807, 2.05) is 38.2 Å². The van der Waals surface area contributed by atoms with Crippen molar-refractivity contribution in [2.75, 3.05) is 30.9 Å². The average Bonchev–Trinajstić information content (AvgIpc) is 3.16. The molecule has 0 radical (unpaired) electrons. The average molecular weight is 415 g/mol. The molecule has 3 aromatic heterocycles. The Bertz CT molecular complexity index is 1150. The molecule has 3 aromatic rings. The van der Waals surface area contributed by atoms with E-state index in [-0.39, 0.29) is 11.3 Å². The van der Waals surface area contributed by atoms with Gasteiger partial charge in [0.25, 0.3) is 0 Å². The van der Waals surface area contributed by atoms with Crippen LogP contribution in [0.2, 0.25) is 0 Å². The molecular formula is C20H26N6O2S. The lowest BCUT2D eigenvalue weighted by molar-refractivity contribution is 0.0985. The van der Waals surface area contributed by atoms with Crippen LogP contribution < -0.4 is 4.90 Å². The van der Waals surface area contributed by atoms with Gasteiger partial charge in [0.15, 0.2) is 11.6 Å². The van der Waals surface area contributed by atoms with Crippen molar-refractivity contribution in [3.8, 4) is 11.4 Å². The van der Waals surface area contributed by atoms with Gasteiger partial charge in [-0.15, -0.1) is 0 Å². The topological polar surface area (TPSA) is 96.4 Å². The second kappa shape index (κ2) is 7.72. The molecule has 1 fully saturated rings. The zero-order valence-electron chi connectivity index (χ0n) is 17.1. The first-order valence-corrected chi connectivity index (χ1v) is 11.7. The third-order valence-corrected chi connectivity index (χ3v) is 7.51. The summed E-state index contributed by atoms with van der Waals surface area (Å²) in [7, 11) is -2.42. The van der Waals surface area contributed by atoms with Gasteiger partial charge in [0.1, 0.15) is 11.5 Å². The van der Waals surface area contributed by atoms with Crippen molar-refractivity contribution in [2.24, 2.45) is 4.36 Å². The van der Waals surface area contributed by atoms with E-state index >= 15 is 0 Å². The maximum atomic E-state index is 13.0. The van der Waals surface area contributed by atoms with Crippen LogP contribution in [0.5, 0.6) is 0 Å². The van der Waals surface area contributed by atoms with Gasteiger partial charge in [0.2, 0.25) is 0 Å². The van der Waals surface area contributed by atoms with Gasteiger partial charge in [-0.2, -0.15) is 4.36 Å². The van der Waals surface area contributed by atoms with Crippen LogP contribution >= 0.6 is 0 Å². The van der Waals surface area contributed by atoms with Gasteiger partial charge < -0.3 is 14.6 Å². The van der Waals surface area contributed by atoms with Gasteiger partial charge in [-0.05, 0) is 19.1 Å². The summed E-state index contributed by atoms with van der Waals surface area (Å²) in [4.78, 5) is 19.2. The van der Waals surface area contributed by atoms with Crippen molar-refractivity contribution in [1.29, 1.82) is 0 Å². The van der Waals surface area contributed by atoms with Crippen molar-refractivity contribution in [3.05, 3.63) is 30.6 Å². The number of H-pyrrole nitrogens is 1. The Labute approximate surface area is 170 Å². The molecule has 0 aromatic carbocycles. The number of fused-ring (bicyclic) bond motifs is 1. The fraction of sp³-hybridized carbons (Fsp3) is 0.450. The van der Waals surface area contributed by atoms with E-state index in [4.69, 9.17) is 9.72 Å². The Morgan fingerprint density at radius 3 is 2.93 bits per heavy atom. The molecule has 8 nitrogen and oxygen atoms in total. The first-order chi connectivity index (χ1) is 13.8. The first kappa shape index (κ1) is 19.8. The molecule has 1 N–H and O–H groups in total. The van der Waals surface area contributed by atoms with Crippen molar-refractivity contribution in [1.82, 2.24) is 19.9 Å². The maximum absolute atomic E-state index is 13.0. The smallest absolute Gasteiger partial charge is 0.167 e. The van der Waals surface area contributed by atoms with Crippen molar-refractivity contribution in [2.45, 2.75) is 32.1 Å². The van der Waals surface area contributed by atoms with Gasteiger partial charge in [-0.3, -0.25) is 0 Å². The molecule has 0 bridgehead atoms. The number of hydrogen-bond donors (Lipinski definition) is 1. The molecule has 0 amide bonds. The standard InChI is InChI=1S/C20H26N6O2S/c1-13(2)29(4,27)25-17-11-18(26-9-10-28-12-14(26)3)24-20(23-17)16-6-8-22-19-15(16)5-7-21-19/h5-8,11,13-14H,9-10,12H2,1-4H3,(H,21,22)/t14-,29?/m1/s1. The van der Waals surface area contributed by atoms with Crippen LogP contribution in [0, 0.1) is 0 Å². The molecular weight excluding hydrogens is 388 g/mol. The van der Waals surface area contributed by atoms with Crippen LogP contribution in [0.15, 0.2) is 35.0 Å². The molecule has 154 valence electrons. The fourth-order valence-corrected chi connectivity index (χ4v) is 3.93. The van der Waals surface area contributed by atoms with Crippen LogP contribution in [0.25, 0.3) is 22.4 Å². The molecule has 1 aliphatic rings. The maximum Gasteiger partial charge on any atom is 0.167 e. The minimum atomic E-state index is -2.42. The third kappa shape index (κ3) is 3.97. The van der Waals surface area contributed by atoms with Crippen LogP contribution in [0.4, 0.5) is 11.6 Å². The van der Waals surface area contributed by atoms with Gasteiger partial charge in [0.05, 0.1) is 29.0 Å². The van der Waals surface area contributed by atoms with Crippen LogP contribution in [-0.2, 0) is 14.5 Å². The van der Waals surface area contributed by atoms with E-state index in [1.165, 1.54) is 0 Å². The Kier molecular flexibility index (Phi) is 5.26. The SMILES string of the molecule is CC(C)S(C)(=O)=Nc1cc(N2CCOC[C@H]2C)nc(-c2ccnc3[nH]ccc23)n1. The summed E-state index contributed by atoms with van der Waals surface area (Å²) in [6, 6.07) is 5.86. The molecule has 1 unspecified atom stereocenters. The first-order valence-electron chi connectivity index (χ1n) is 9.72.